The van der Waals surface area contributed by atoms with Crippen molar-refractivity contribution < 1.29 is 0 Å². The number of rotatable bonds is 2. The van der Waals surface area contributed by atoms with Gasteiger partial charge in [0.1, 0.15) is 0 Å². The summed E-state index contributed by atoms with van der Waals surface area (Å²) in [6, 6.07) is 7.56. The summed E-state index contributed by atoms with van der Waals surface area (Å²) in [6.07, 6.45) is 5.05. The summed E-state index contributed by atoms with van der Waals surface area (Å²) >= 11 is 6.03. The van der Waals surface area contributed by atoms with Gasteiger partial charge in [0, 0.05) is 16.3 Å². The highest BCUT2D eigenvalue weighted by Gasteiger charge is 2.41. The van der Waals surface area contributed by atoms with Crippen molar-refractivity contribution in [3.63, 3.8) is 0 Å². The van der Waals surface area contributed by atoms with E-state index in [9.17, 15) is 4.79 Å². The lowest BCUT2D eigenvalue weighted by molar-refractivity contribution is 0.698. The first-order valence-corrected chi connectivity index (χ1v) is 7.58. The van der Waals surface area contributed by atoms with Crippen molar-refractivity contribution in [2.45, 2.75) is 31.1 Å². The first-order valence-electron chi connectivity index (χ1n) is 7.20. The molecule has 2 unspecified atom stereocenters. The smallest absolute Gasteiger partial charge is 0.272 e. The Morgan fingerprint density at radius 1 is 1.24 bits per heavy atom. The Labute approximate surface area is 127 Å². The van der Waals surface area contributed by atoms with Crippen molar-refractivity contribution in [2.75, 3.05) is 11.2 Å². The molecule has 1 saturated carbocycles. The third-order valence-corrected chi connectivity index (χ3v) is 4.90. The number of hydrogen-bond acceptors (Lipinski definition) is 3. The molecular weight excluding hydrogens is 286 g/mol. The molecule has 5 heteroatoms. The zero-order valence-corrected chi connectivity index (χ0v) is 12.2. The average Bonchev–Trinajstić information content (AvgIpc) is 3.05. The summed E-state index contributed by atoms with van der Waals surface area (Å²) in [5, 5.41) is 4.05. The number of nitrogen functional groups attached to an aromatic ring is 1. The van der Waals surface area contributed by atoms with Crippen LogP contribution < -0.4 is 16.7 Å². The summed E-state index contributed by atoms with van der Waals surface area (Å²) in [4.78, 5) is 12.3. The molecule has 0 radical (unpaired) electrons. The van der Waals surface area contributed by atoms with Gasteiger partial charge in [-0.05, 0) is 54.9 Å². The monoisotopic (exact) mass is 301 g/mol. The Bertz CT molecular complexity index is 784. The van der Waals surface area contributed by atoms with Crippen molar-refractivity contribution in [1.29, 1.82) is 0 Å². The van der Waals surface area contributed by atoms with E-state index in [2.05, 4.69) is 5.32 Å². The van der Waals surface area contributed by atoms with Gasteiger partial charge < -0.3 is 11.2 Å². The number of halogens is 1. The van der Waals surface area contributed by atoms with Crippen molar-refractivity contribution in [3.8, 4) is 0 Å². The maximum atomic E-state index is 12.3. The molecule has 2 atom stereocenters. The van der Waals surface area contributed by atoms with Crippen molar-refractivity contribution in [1.82, 2.24) is 4.68 Å². The van der Waals surface area contributed by atoms with E-state index < -0.39 is 0 Å². The fraction of sp³-hybridized carbons (Fsp3) is 0.312. The fourth-order valence-electron chi connectivity index (χ4n) is 3.83. The molecule has 1 fully saturated rings. The van der Waals surface area contributed by atoms with Gasteiger partial charge in [-0.3, -0.25) is 4.79 Å². The van der Waals surface area contributed by atoms with Crippen LogP contribution in [-0.2, 0) is 0 Å². The second-order valence-electron chi connectivity index (χ2n) is 5.92. The van der Waals surface area contributed by atoms with Crippen LogP contribution in [0.4, 0.5) is 11.4 Å². The Morgan fingerprint density at radius 3 is 2.76 bits per heavy atom. The topological polar surface area (TPSA) is 60.0 Å². The van der Waals surface area contributed by atoms with Gasteiger partial charge >= 0.3 is 0 Å². The largest absolute Gasteiger partial charge is 0.354 e. The van der Waals surface area contributed by atoms with Gasteiger partial charge in [-0.2, -0.15) is 0 Å². The van der Waals surface area contributed by atoms with Gasteiger partial charge in [0.05, 0.1) is 11.9 Å². The van der Waals surface area contributed by atoms with Gasteiger partial charge in [0.15, 0.2) is 0 Å². The second kappa shape index (κ2) is 4.53. The van der Waals surface area contributed by atoms with Crippen LogP contribution in [0.1, 0.15) is 42.2 Å². The third-order valence-electron chi connectivity index (χ3n) is 4.67. The predicted octanol–water partition coefficient (Wildman–Crippen LogP) is 3.32. The minimum Gasteiger partial charge on any atom is -0.354 e. The van der Waals surface area contributed by atoms with E-state index in [-0.39, 0.29) is 5.56 Å². The van der Waals surface area contributed by atoms with Gasteiger partial charge in [0.25, 0.3) is 5.56 Å². The number of aromatic nitrogens is 1. The van der Waals surface area contributed by atoms with Crippen molar-refractivity contribution in [2.24, 2.45) is 0 Å². The molecule has 1 heterocycles. The van der Waals surface area contributed by atoms with E-state index in [1.54, 1.807) is 6.20 Å². The molecule has 1 aromatic carbocycles. The predicted molar refractivity (Wildman–Crippen MR) is 84.9 cm³/mol. The second-order valence-corrected chi connectivity index (χ2v) is 6.36. The molecule has 4 nitrogen and oxygen atoms in total. The van der Waals surface area contributed by atoms with Gasteiger partial charge in [0.2, 0.25) is 0 Å². The zero-order chi connectivity index (χ0) is 14.6. The quantitative estimate of drug-likeness (QED) is 0.837. The summed E-state index contributed by atoms with van der Waals surface area (Å²) in [7, 11) is 0. The molecule has 2 aliphatic rings. The van der Waals surface area contributed by atoms with E-state index in [4.69, 9.17) is 17.4 Å². The molecule has 1 aromatic heterocycles. The summed E-state index contributed by atoms with van der Waals surface area (Å²) in [5.41, 5.74) is 3.88. The summed E-state index contributed by atoms with van der Waals surface area (Å²) in [6.45, 7) is 0. The Morgan fingerprint density at radius 2 is 2.00 bits per heavy atom. The SMILES string of the molecule is Nn1cc(Nc2cccc(Cl)c2)c2c(c1=O)C1CCC2C1. The standard InChI is InChI=1S/C16H16ClN3O/c17-11-2-1-3-12(7-11)19-13-8-20(18)16(21)15-10-5-4-9(6-10)14(13)15/h1-3,7-10,19H,4-6,18H2. The average molecular weight is 302 g/mol. The molecule has 21 heavy (non-hydrogen) atoms. The number of hydrogen-bond donors (Lipinski definition) is 2. The zero-order valence-electron chi connectivity index (χ0n) is 11.5. The van der Waals surface area contributed by atoms with Crippen LogP contribution in [0.25, 0.3) is 0 Å². The normalized spacial score (nSPS) is 22.3. The van der Waals surface area contributed by atoms with E-state index in [1.807, 2.05) is 24.3 Å². The van der Waals surface area contributed by atoms with E-state index in [1.165, 1.54) is 4.68 Å². The highest BCUT2D eigenvalue weighted by Crippen LogP contribution is 2.54. The number of nitrogens with two attached hydrogens (primary N) is 1. The lowest BCUT2D eigenvalue weighted by atomic mass is 9.92. The molecule has 108 valence electrons. The van der Waals surface area contributed by atoms with Gasteiger partial charge in [-0.25, -0.2) is 4.68 Å². The fourth-order valence-corrected chi connectivity index (χ4v) is 4.02. The molecule has 0 saturated heterocycles. The van der Waals surface area contributed by atoms with Crippen LogP contribution in [0, 0.1) is 0 Å². The number of nitrogens with zero attached hydrogens (tertiary/aromatic N) is 1. The maximum absolute atomic E-state index is 12.3. The highest BCUT2D eigenvalue weighted by atomic mass is 35.5. The third kappa shape index (κ3) is 1.94. The van der Waals surface area contributed by atoms with E-state index in [0.29, 0.717) is 16.9 Å². The number of benzene rings is 1. The Balaban J connectivity index is 1.84. The number of nitrogens with one attached hydrogen (secondary N) is 1. The summed E-state index contributed by atoms with van der Waals surface area (Å²) in [5.74, 6) is 6.72. The molecule has 3 N–H and O–H groups in total. The molecule has 4 rings (SSSR count). The van der Waals surface area contributed by atoms with Crippen LogP contribution in [0.2, 0.25) is 5.02 Å². The van der Waals surface area contributed by atoms with E-state index in [0.717, 1.165) is 41.8 Å². The van der Waals surface area contributed by atoms with Crippen LogP contribution in [0.5, 0.6) is 0 Å². The van der Waals surface area contributed by atoms with Gasteiger partial charge in [-0.15, -0.1) is 0 Å². The minimum atomic E-state index is -0.0474. The molecule has 0 amide bonds. The Hall–Kier alpha value is -1.94. The van der Waals surface area contributed by atoms with Crippen LogP contribution >= 0.6 is 11.6 Å². The summed E-state index contributed by atoms with van der Waals surface area (Å²) < 4.78 is 1.20. The van der Waals surface area contributed by atoms with Crippen LogP contribution in [0.15, 0.2) is 35.3 Å². The lowest BCUT2D eigenvalue weighted by Gasteiger charge is -2.20. The van der Waals surface area contributed by atoms with Crippen LogP contribution in [0.3, 0.4) is 0 Å². The maximum Gasteiger partial charge on any atom is 0.272 e. The number of anilines is 2. The molecule has 2 aromatic rings. The number of pyridine rings is 1. The van der Waals surface area contributed by atoms with Crippen LogP contribution in [-0.4, -0.2) is 4.68 Å². The Kier molecular flexibility index (Phi) is 2.76. The first kappa shape index (κ1) is 12.8. The first-order chi connectivity index (χ1) is 10.1. The highest BCUT2D eigenvalue weighted by molar-refractivity contribution is 6.30. The molecular formula is C16H16ClN3O. The molecule has 2 bridgehead atoms. The molecule has 2 aliphatic carbocycles. The van der Waals surface area contributed by atoms with Crippen molar-refractivity contribution >= 4 is 23.0 Å². The van der Waals surface area contributed by atoms with Crippen molar-refractivity contribution in [3.05, 3.63) is 57.0 Å². The minimum absolute atomic E-state index is 0.0474. The lowest BCUT2D eigenvalue weighted by Crippen LogP contribution is -2.31. The van der Waals surface area contributed by atoms with Gasteiger partial charge in [-0.1, -0.05) is 17.7 Å². The molecule has 0 spiro atoms. The number of fused-ring (bicyclic) bond motifs is 5. The van der Waals surface area contributed by atoms with E-state index >= 15 is 0 Å². The molecule has 0 aliphatic heterocycles.